The summed E-state index contributed by atoms with van der Waals surface area (Å²) in [6.45, 7) is 4.80. The number of hydrogen-bond donors (Lipinski definition) is 2. The van der Waals surface area contributed by atoms with Crippen LogP contribution in [0, 0.1) is 12.3 Å². The third-order valence-electron chi connectivity index (χ3n) is 2.51. The van der Waals surface area contributed by atoms with Gasteiger partial charge in [0, 0.05) is 6.42 Å². The summed E-state index contributed by atoms with van der Waals surface area (Å²) in [4.78, 5) is 26.8. The summed E-state index contributed by atoms with van der Waals surface area (Å²) in [6.07, 6.45) is -0.0855. The lowest BCUT2D eigenvalue weighted by Crippen LogP contribution is -2.29. The number of carboxylic acid groups (broad SMARTS) is 1. The third-order valence-corrected chi connectivity index (χ3v) is 2.95. The Kier molecular flexibility index (Phi) is 4.45. The quantitative estimate of drug-likeness (QED) is 0.837. The minimum absolute atomic E-state index is 0.0855. The number of carboxylic acids is 1. The molecule has 1 heterocycles. The lowest BCUT2D eigenvalue weighted by atomic mass is 9.89. The molecule has 1 aromatic rings. The van der Waals surface area contributed by atoms with Gasteiger partial charge in [-0.05, 0) is 48.8 Å². The maximum Gasteiger partial charge on any atom is 0.309 e. The molecule has 0 fully saturated rings. The second-order valence-electron chi connectivity index (χ2n) is 4.68. The number of pyridine rings is 1. The summed E-state index contributed by atoms with van der Waals surface area (Å²) in [6, 6.07) is 3.43. The molecule has 1 rings (SSSR count). The molecule has 5 nitrogen and oxygen atoms in total. The van der Waals surface area contributed by atoms with Gasteiger partial charge in [0.25, 0.3) is 0 Å². The van der Waals surface area contributed by atoms with Crippen molar-refractivity contribution in [2.45, 2.75) is 27.2 Å². The molecule has 2 N–H and O–H groups in total. The molecule has 0 radical (unpaired) electrons. The summed E-state index contributed by atoms with van der Waals surface area (Å²) in [5, 5.41) is 11.6. The second-order valence-corrected chi connectivity index (χ2v) is 5.49. The molecule has 0 aliphatic rings. The molecule has 1 aromatic heterocycles. The Morgan fingerprint density at radius 3 is 2.56 bits per heavy atom. The van der Waals surface area contributed by atoms with Crippen molar-refractivity contribution < 1.29 is 14.7 Å². The van der Waals surface area contributed by atoms with Crippen molar-refractivity contribution >= 4 is 33.5 Å². The largest absolute Gasteiger partial charge is 0.481 e. The summed E-state index contributed by atoms with van der Waals surface area (Å²) in [5.74, 6) is -1.34. The fourth-order valence-electron chi connectivity index (χ4n) is 1.33. The maximum atomic E-state index is 11.8. The Hall–Kier alpha value is -1.43. The zero-order valence-corrected chi connectivity index (χ0v) is 12.0. The van der Waals surface area contributed by atoms with Crippen molar-refractivity contribution in [3.05, 3.63) is 22.4 Å². The standard InChI is InChI=1S/C12H15BrN2O3/c1-7-8(4-5-9(13)14-7)15-10(16)6-12(2,3)11(17)18/h4-5H,6H2,1-3H3,(H,15,16)(H,17,18). The van der Waals surface area contributed by atoms with Gasteiger partial charge < -0.3 is 10.4 Å². The number of nitrogens with zero attached hydrogens (tertiary/aromatic N) is 1. The first-order valence-corrected chi connectivity index (χ1v) is 6.18. The highest BCUT2D eigenvalue weighted by molar-refractivity contribution is 9.10. The highest BCUT2D eigenvalue weighted by Crippen LogP contribution is 2.22. The Balaban J connectivity index is 2.74. The number of aliphatic carboxylic acids is 1. The zero-order chi connectivity index (χ0) is 13.9. The fourth-order valence-corrected chi connectivity index (χ4v) is 1.73. The second kappa shape index (κ2) is 5.48. The van der Waals surface area contributed by atoms with Crippen LogP contribution in [0.25, 0.3) is 0 Å². The van der Waals surface area contributed by atoms with Crippen LogP contribution >= 0.6 is 15.9 Å². The molecule has 0 atom stereocenters. The number of carbonyl (C=O) groups excluding carboxylic acids is 1. The number of halogens is 1. The lowest BCUT2D eigenvalue weighted by Gasteiger charge is -2.18. The minimum atomic E-state index is -1.08. The van der Waals surface area contributed by atoms with Gasteiger partial charge in [-0.25, -0.2) is 4.98 Å². The van der Waals surface area contributed by atoms with Crippen molar-refractivity contribution in [1.82, 2.24) is 4.98 Å². The molecule has 0 aliphatic heterocycles. The summed E-state index contributed by atoms with van der Waals surface area (Å²) in [5.41, 5.74) is 0.177. The van der Waals surface area contributed by atoms with Crippen LogP contribution in [0.15, 0.2) is 16.7 Å². The lowest BCUT2D eigenvalue weighted by molar-refractivity contribution is -0.148. The van der Waals surface area contributed by atoms with E-state index in [-0.39, 0.29) is 12.3 Å². The van der Waals surface area contributed by atoms with Gasteiger partial charge >= 0.3 is 5.97 Å². The van der Waals surface area contributed by atoms with Crippen molar-refractivity contribution in [1.29, 1.82) is 0 Å². The normalized spacial score (nSPS) is 11.1. The number of amides is 1. The molecular weight excluding hydrogens is 300 g/mol. The topological polar surface area (TPSA) is 79.3 Å². The number of hydrogen-bond acceptors (Lipinski definition) is 3. The average molecular weight is 315 g/mol. The first-order chi connectivity index (χ1) is 8.22. The Bertz CT molecular complexity index is 486. The van der Waals surface area contributed by atoms with Gasteiger partial charge in [-0.1, -0.05) is 0 Å². The molecule has 0 saturated carbocycles. The average Bonchev–Trinajstić information content (AvgIpc) is 2.21. The van der Waals surface area contributed by atoms with Gasteiger partial charge in [0.15, 0.2) is 0 Å². The molecular formula is C12H15BrN2O3. The van der Waals surface area contributed by atoms with E-state index in [1.807, 2.05) is 0 Å². The molecule has 0 unspecified atom stereocenters. The first kappa shape index (κ1) is 14.6. The molecule has 0 spiro atoms. The SMILES string of the molecule is Cc1nc(Br)ccc1NC(=O)CC(C)(C)C(=O)O. The highest BCUT2D eigenvalue weighted by Gasteiger charge is 2.30. The predicted octanol–water partition coefficient (Wildman–Crippen LogP) is 2.59. The molecule has 0 saturated heterocycles. The summed E-state index contributed by atoms with van der Waals surface area (Å²) in [7, 11) is 0. The molecule has 98 valence electrons. The Labute approximate surface area is 114 Å². The van der Waals surface area contributed by atoms with E-state index in [0.29, 0.717) is 16.0 Å². The molecule has 0 aromatic carbocycles. The van der Waals surface area contributed by atoms with Crippen LogP contribution in [0.1, 0.15) is 26.0 Å². The predicted molar refractivity (Wildman–Crippen MR) is 71.3 cm³/mol. The van der Waals surface area contributed by atoms with Crippen molar-refractivity contribution in [2.75, 3.05) is 5.32 Å². The van der Waals surface area contributed by atoms with E-state index in [2.05, 4.69) is 26.2 Å². The van der Waals surface area contributed by atoms with Crippen molar-refractivity contribution in [2.24, 2.45) is 5.41 Å². The number of aryl methyl sites for hydroxylation is 1. The number of anilines is 1. The van der Waals surface area contributed by atoms with E-state index >= 15 is 0 Å². The first-order valence-electron chi connectivity index (χ1n) is 5.39. The monoisotopic (exact) mass is 314 g/mol. The smallest absolute Gasteiger partial charge is 0.309 e. The number of rotatable bonds is 4. The molecule has 6 heteroatoms. The van der Waals surface area contributed by atoms with E-state index in [0.717, 1.165) is 0 Å². The summed E-state index contributed by atoms with van der Waals surface area (Å²) < 4.78 is 0.684. The van der Waals surface area contributed by atoms with E-state index in [1.165, 1.54) is 13.8 Å². The minimum Gasteiger partial charge on any atom is -0.481 e. The van der Waals surface area contributed by atoms with Crippen LogP contribution in [0.3, 0.4) is 0 Å². The van der Waals surface area contributed by atoms with Crippen LogP contribution in [0.5, 0.6) is 0 Å². The van der Waals surface area contributed by atoms with Crippen molar-refractivity contribution in [3.8, 4) is 0 Å². The molecule has 0 bridgehead atoms. The number of nitrogens with one attached hydrogen (secondary N) is 1. The van der Waals surface area contributed by atoms with Crippen LogP contribution in [0.4, 0.5) is 5.69 Å². The van der Waals surface area contributed by atoms with Gasteiger partial charge in [-0.15, -0.1) is 0 Å². The van der Waals surface area contributed by atoms with Crippen LogP contribution in [-0.2, 0) is 9.59 Å². The maximum absolute atomic E-state index is 11.8. The summed E-state index contributed by atoms with van der Waals surface area (Å²) >= 11 is 3.23. The van der Waals surface area contributed by atoms with E-state index in [9.17, 15) is 9.59 Å². The fraction of sp³-hybridized carbons (Fsp3) is 0.417. The molecule has 0 aliphatic carbocycles. The Morgan fingerprint density at radius 2 is 2.06 bits per heavy atom. The van der Waals surface area contributed by atoms with Gasteiger partial charge in [0.05, 0.1) is 16.8 Å². The number of aromatic nitrogens is 1. The zero-order valence-electron chi connectivity index (χ0n) is 10.5. The van der Waals surface area contributed by atoms with E-state index in [4.69, 9.17) is 5.11 Å². The van der Waals surface area contributed by atoms with Gasteiger partial charge in [0.1, 0.15) is 4.60 Å². The van der Waals surface area contributed by atoms with Crippen LogP contribution in [0.2, 0.25) is 0 Å². The van der Waals surface area contributed by atoms with Crippen molar-refractivity contribution in [3.63, 3.8) is 0 Å². The highest BCUT2D eigenvalue weighted by atomic mass is 79.9. The third kappa shape index (κ3) is 3.80. The Morgan fingerprint density at radius 1 is 1.44 bits per heavy atom. The van der Waals surface area contributed by atoms with Gasteiger partial charge in [-0.3, -0.25) is 9.59 Å². The van der Waals surface area contributed by atoms with E-state index in [1.54, 1.807) is 19.1 Å². The van der Waals surface area contributed by atoms with Gasteiger partial charge in [-0.2, -0.15) is 0 Å². The number of carbonyl (C=O) groups is 2. The molecule has 18 heavy (non-hydrogen) atoms. The van der Waals surface area contributed by atoms with Crippen LogP contribution in [-0.4, -0.2) is 22.0 Å². The van der Waals surface area contributed by atoms with Gasteiger partial charge in [0.2, 0.25) is 5.91 Å². The van der Waals surface area contributed by atoms with Crippen LogP contribution < -0.4 is 5.32 Å². The molecule has 1 amide bonds. The van der Waals surface area contributed by atoms with E-state index < -0.39 is 11.4 Å².